The van der Waals surface area contributed by atoms with E-state index >= 15 is 0 Å². The van der Waals surface area contributed by atoms with E-state index in [1.165, 1.54) is 21.1 Å². The second-order valence-electron chi connectivity index (χ2n) is 5.62. The maximum absolute atomic E-state index is 12.4. The van der Waals surface area contributed by atoms with Crippen LogP contribution >= 0.6 is 11.3 Å². The molecule has 0 bridgehead atoms. The second kappa shape index (κ2) is 7.08. The van der Waals surface area contributed by atoms with E-state index < -0.39 is 11.8 Å². The van der Waals surface area contributed by atoms with Crippen LogP contribution in [-0.2, 0) is 14.4 Å². The predicted octanol–water partition coefficient (Wildman–Crippen LogP) is 0.662. The van der Waals surface area contributed by atoms with Crippen LogP contribution in [0.3, 0.4) is 0 Å². The van der Waals surface area contributed by atoms with Crippen LogP contribution in [0.2, 0.25) is 0 Å². The summed E-state index contributed by atoms with van der Waals surface area (Å²) in [6, 6.07) is -0.163. The molecule has 1 aromatic heterocycles. The fourth-order valence-electron chi connectivity index (χ4n) is 2.39. The van der Waals surface area contributed by atoms with Crippen LogP contribution in [-0.4, -0.2) is 70.6 Å². The summed E-state index contributed by atoms with van der Waals surface area (Å²) in [5, 5.41) is 2.80. The van der Waals surface area contributed by atoms with Gasteiger partial charge in [0.2, 0.25) is 5.91 Å². The zero-order valence-corrected chi connectivity index (χ0v) is 14.7. The first kappa shape index (κ1) is 17.4. The van der Waals surface area contributed by atoms with Gasteiger partial charge >= 0.3 is 11.8 Å². The molecule has 126 valence electrons. The molecule has 0 unspecified atom stereocenters. The average Bonchev–Trinajstić information content (AvgIpc) is 2.97. The Balaban J connectivity index is 1.98. The number of thiazole rings is 1. The molecule has 0 radical (unpaired) electrons. The van der Waals surface area contributed by atoms with Crippen LogP contribution in [0, 0.1) is 6.92 Å². The van der Waals surface area contributed by atoms with Crippen LogP contribution in [0.5, 0.6) is 0 Å². The molecule has 1 saturated heterocycles. The Hall–Kier alpha value is -1.96. The first-order valence-electron chi connectivity index (χ1n) is 7.61. The minimum Gasteiger partial charge on any atom is -0.335 e. The molecule has 23 heavy (non-hydrogen) atoms. The van der Waals surface area contributed by atoms with E-state index in [9.17, 15) is 14.4 Å². The Morgan fingerprint density at radius 1 is 1.35 bits per heavy atom. The molecule has 7 nitrogen and oxygen atoms in total. The largest absolute Gasteiger partial charge is 0.335 e. The number of piperazine rings is 1. The third-order valence-corrected chi connectivity index (χ3v) is 5.21. The van der Waals surface area contributed by atoms with Crippen molar-refractivity contribution in [2.24, 2.45) is 0 Å². The lowest BCUT2D eigenvalue weighted by molar-refractivity contribution is -0.157. The molecular formula is C15H22N4O3S. The Bertz CT molecular complexity index is 616. The van der Waals surface area contributed by atoms with E-state index in [0.717, 1.165) is 10.7 Å². The number of hydrogen-bond acceptors (Lipinski definition) is 5. The van der Waals surface area contributed by atoms with Crippen molar-refractivity contribution in [1.82, 2.24) is 19.7 Å². The van der Waals surface area contributed by atoms with Crippen LogP contribution < -0.4 is 0 Å². The van der Waals surface area contributed by atoms with Crippen molar-refractivity contribution in [3.05, 3.63) is 16.1 Å². The number of aryl methyl sites for hydroxylation is 1. The van der Waals surface area contributed by atoms with Gasteiger partial charge in [0, 0.05) is 37.8 Å². The van der Waals surface area contributed by atoms with Gasteiger partial charge in [-0.2, -0.15) is 0 Å². The number of carbonyl (C=O) groups is 3. The molecule has 0 aliphatic carbocycles. The van der Waals surface area contributed by atoms with E-state index in [1.807, 2.05) is 26.2 Å². The normalized spacial score (nSPS) is 16.7. The monoisotopic (exact) mass is 338 g/mol. The Labute approximate surface area is 139 Å². The van der Waals surface area contributed by atoms with Crippen molar-refractivity contribution in [3.63, 3.8) is 0 Å². The van der Waals surface area contributed by atoms with Gasteiger partial charge in [-0.1, -0.05) is 0 Å². The summed E-state index contributed by atoms with van der Waals surface area (Å²) in [6.07, 6.45) is 0. The van der Waals surface area contributed by atoms with Gasteiger partial charge in [-0.05, 0) is 20.8 Å². The molecule has 2 rings (SSSR count). The van der Waals surface area contributed by atoms with E-state index in [1.54, 1.807) is 11.9 Å². The minimum atomic E-state index is -0.599. The first-order chi connectivity index (χ1) is 10.8. The van der Waals surface area contributed by atoms with Crippen LogP contribution in [0.4, 0.5) is 0 Å². The molecule has 2 heterocycles. The molecule has 0 saturated carbocycles. The summed E-state index contributed by atoms with van der Waals surface area (Å²) >= 11 is 1.51. The van der Waals surface area contributed by atoms with Gasteiger partial charge < -0.3 is 14.7 Å². The number of hydrogen-bond donors (Lipinski definition) is 0. The number of aromatic nitrogens is 1. The Morgan fingerprint density at radius 2 is 1.96 bits per heavy atom. The van der Waals surface area contributed by atoms with E-state index in [-0.39, 0.29) is 18.5 Å². The predicted molar refractivity (Wildman–Crippen MR) is 86.9 cm³/mol. The summed E-state index contributed by atoms with van der Waals surface area (Å²) in [5.41, 5.74) is 0.925. The van der Waals surface area contributed by atoms with Gasteiger partial charge in [0.05, 0.1) is 6.04 Å². The highest BCUT2D eigenvalue weighted by atomic mass is 32.1. The molecule has 0 spiro atoms. The smallest absolute Gasteiger partial charge is 0.312 e. The zero-order valence-electron chi connectivity index (χ0n) is 13.9. The van der Waals surface area contributed by atoms with Crippen molar-refractivity contribution in [2.75, 3.05) is 33.2 Å². The topological polar surface area (TPSA) is 73.8 Å². The highest BCUT2D eigenvalue weighted by Crippen LogP contribution is 2.22. The van der Waals surface area contributed by atoms with E-state index in [2.05, 4.69) is 4.98 Å². The van der Waals surface area contributed by atoms with Crippen molar-refractivity contribution in [3.8, 4) is 0 Å². The summed E-state index contributed by atoms with van der Waals surface area (Å²) in [4.78, 5) is 45.1. The standard InChI is InChI=1S/C15H22N4O3S/c1-5-18-6-7-19(15(22)14(18)21)8-12(20)17(4)11(3)13-16-10(2)9-23-13/h9,11H,5-8H2,1-4H3/t11-/m1/s1. The summed E-state index contributed by atoms with van der Waals surface area (Å²) in [7, 11) is 1.69. The lowest BCUT2D eigenvalue weighted by atomic mass is 10.2. The summed E-state index contributed by atoms with van der Waals surface area (Å²) < 4.78 is 0. The van der Waals surface area contributed by atoms with Crippen molar-refractivity contribution < 1.29 is 14.4 Å². The number of amides is 3. The van der Waals surface area contributed by atoms with Crippen LogP contribution in [0.15, 0.2) is 5.38 Å². The molecule has 0 N–H and O–H groups in total. The Kier molecular flexibility index (Phi) is 5.35. The summed E-state index contributed by atoms with van der Waals surface area (Å²) in [6.45, 7) is 6.93. The number of nitrogens with zero attached hydrogens (tertiary/aromatic N) is 4. The lowest BCUT2D eigenvalue weighted by Crippen LogP contribution is -2.56. The van der Waals surface area contributed by atoms with Gasteiger partial charge in [0.25, 0.3) is 0 Å². The molecule has 3 amide bonds. The fraction of sp³-hybridized carbons (Fsp3) is 0.600. The fourth-order valence-corrected chi connectivity index (χ4v) is 3.28. The summed E-state index contributed by atoms with van der Waals surface area (Å²) in [5.74, 6) is -1.33. The third kappa shape index (κ3) is 3.69. The number of likely N-dealkylation sites (N-methyl/N-ethyl adjacent to an activating group) is 2. The van der Waals surface area contributed by atoms with Gasteiger partial charge in [-0.25, -0.2) is 4.98 Å². The number of carbonyl (C=O) groups excluding carboxylic acids is 3. The quantitative estimate of drug-likeness (QED) is 0.740. The third-order valence-electron chi connectivity index (χ3n) is 4.07. The zero-order chi connectivity index (χ0) is 17.1. The van der Waals surface area contributed by atoms with Gasteiger partial charge in [0.15, 0.2) is 0 Å². The van der Waals surface area contributed by atoms with Crippen LogP contribution in [0.1, 0.15) is 30.6 Å². The molecule has 1 aliphatic rings. The molecule has 8 heteroatoms. The van der Waals surface area contributed by atoms with Crippen LogP contribution in [0.25, 0.3) is 0 Å². The SMILES string of the molecule is CCN1CCN(CC(=O)N(C)[C@H](C)c2nc(C)cs2)C(=O)C1=O. The van der Waals surface area contributed by atoms with Gasteiger partial charge in [-0.3, -0.25) is 14.4 Å². The molecule has 1 fully saturated rings. The second-order valence-corrected chi connectivity index (χ2v) is 6.51. The molecule has 1 atom stereocenters. The van der Waals surface area contributed by atoms with E-state index in [0.29, 0.717) is 19.6 Å². The Morgan fingerprint density at radius 3 is 2.52 bits per heavy atom. The maximum atomic E-state index is 12.4. The first-order valence-corrected chi connectivity index (χ1v) is 8.49. The average molecular weight is 338 g/mol. The van der Waals surface area contributed by atoms with Gasteiger partial charge in [-0.15, -0.1) is 11.3 Å². The minimum absolute atomic E-state index is 0.0761. The van der Waals surface area contributed by atoms with Crippen molar-refractivity contribution in [2.45, 2.75) is 26.8 Å². The molecule has 1 aliphatic heterocycles. The van der Waals surface area contributed by atoms with Gasteiger partial charge in [0.1, 0.15) is 11.6 Å². The molecule has 1 aromatic rings. The maximum Gasteiger partial charge on any atom is 0.312 e. The van der Waals surface area contributed by atoms with Crippen molar-refractivity contribution in [1.29, 1.82) is 0 Å². The van der Waals surface area contributed by atoms with Crippen molar-refractivity contribution >= 4 is 29.1 Å². The lowest BCUT2D eigenvalue weighted by Gasteiger charge is -2.34. The molecular weight excluding hydrogens is 316 g/mol. The van der Waals surface area contributed by atoms with E-state index in [4.69, 9.17) is 0 Å². The highest BCUT2D eigenvalue weighted by Gasteiger charge is 2.33. The molecule has 0 aromatic carbocycles. The highest BCUT2D eigenvalue weighted by molar-refractivity contribution is 7.09. The number of rotatable bonds is 5.